The molecule has 10 heteroatoms. The second-order valence-corrected chi connectivity index (χ2v) is 16.7. The van der Waals surface area contributed by atoms with Crippen LogP contribution in [0.5, 0.6) is 0 Å². The fourth-order valence-corrected chi connectivity index (χ4v) is 7.37. The minimum Gasteiger partial charge on any atom is -0.444 e. The zero-order valence-electron chi connectivity index (χ0n) is 32.1. The molecule has 0 N–H and O–H groups in total. The number of fused-ring (bicyclic) bond motifs is 2. The highest BCUT2D eigenvalue weighted by Crippen LogP contribution is 2.30. The smallest absolute Gasteiger partial charge is 0.410 e. The molecule has 6 heterocycles. The van der Waals surface area contributed by atoms with E-state index in [4.69, 9.17) is 19.4 Å². The van der Waals surface area contributed by atoms with Crippen LogP contribution in [0.4, 0.5) is 21.2 Å². The normalized spacial score (nSPS) is 21.1. The van der Waals surface area contributed by atoms with Crippen LogP contribution in [0, 0.1) is 0 Å². The maximum Gasteiger partial charge on any atom is 0.410 e. The molecule has 6 rings (SSSR count). The first kappa shape index (κ1) is 40.2. The van der Waals surface area contributed by atoms with E-state index in [0.717, 1.165) is 62.0 Å². The number of aromatic nitrogens is 2. The summed E-state index contributed by atoms with van der Waals surface area (Å²) in [6.07, 6.45) is 8.89. The SMILES string of the molecule is C.C[C@@H]1CN(C(=O)OC(C)(C)C)CCc2ccc(N3CCCCC3)nc21.C[C@H]1CN(C(=O)OC(C)(C)C)CCc2ccc(N3CCCCC3)nc21. The summed E-state index contributed by atoms with van der Waals surface area (Å²) in [5.41, 5.74) is 3.90. The molecular weight excluding hydrogens is 640 g/mol. The molecule has 0 radical (unpaired) electrons. The van der Waals surface area contributed by atoms with Crippen LogP contribution in [-0.2, 0) is 22.3 Å². The predicted molar refractivity (Wildman–Crippen MR) is 207 cm³/mol. The largest absolute Gasteiger partial charge is 0.444 e. The van der Waals surface area contributed by atoms with E-state index in [1.54, 1.807) is 0 Å². The molecule has 2 aromatic rings. The van der Waals surface area contributed by atoms with Gasteiger partial charge in [0.15, 0.2) is 0 Å². The molecule has 4 aliphatic heterocycles. The summed E-state index contributed by atoms with van der Waals surface area (Å²) >= 11 is 0. The fraction of sp³-hybridized carbons (Fsp3) is 0.707. The first-order valence-corrected chi connectivity index (χ1v) is 19.1. The number of hydrogen-bond donors (Lipinski definition) is 0. The third-order valence-corrected chi connectivity index (χ3v) is 9.88. The van der Waals surface area contributed by atoms with E-state index >= 15 is 0 Å². The number of rotatable bonds is 2. The molecule has 0 bridgehead atoms. The topological polar surface area (TPSA) is 91.3 Å². The molecule has 2 aromatic heterocycles. The Bertz CT molecular complexity index is 1350. The predicted octanol–water partition coefficient (Wildman–Crippen LogP) is 8.57. The van der Waals surface area contributed by atoms with Crippen molar-refractivity contribution >= 4 is 23.8 Å². The van der Waals surface area contributed by atoms with Crippen LogP contribution in [0.2, 0.25) is 0 Å². The number of carbonyl (C=O) groups is 2. The lowest BCUT2D eigenvalue weighted by Gasteiger charge is -2.29. The van der Waals surface area contributed by atoms with Gasteiger partial charge < -0.3 is 29.1 Å². The van der Waals surface area contributed by atoms with Gasteiger partial charge in [-0.15, -0.1) is 0 Å². The number of nitrogens with zero attached hydrogens (tertiary/aromatic N) is 6. The van der Waals surface area contributed by atoms with Gasteiger partial charge in [-0.05, 0) is 116 Å². The van der Waals surface area contributed by atoms with Crippen molar-refractivity contribution in [2.75, 3.05) is 62.2 Å². The summed E-state index contributed by atoms with van der Waals surface area (Å²) in [6, 6.07) is 8.72. The Balaban J connectivity index is 0.000000224. The highest BCUT2D eigenvalue weighted by Gasteiger charge is 2.30. The average Bonchev–Trinajstić information content (AvgIpc) is 3.35. The minimum absolute atomic E-state index is 0. The molecule has 10 nitrogen and oxygen atoms in total. The maximum atomic E-state index is 12.5. The maximum absolute atomic E-state index is 12.5. The molecule has 0 spiro atoms. The van der Waals surface area contributed by atoms with Crippen molar-refractivity contribution in [3.8, 4) is 0 Å². The Morgan fingerprint density at radius 2 is 0.941 bits per heavy atom. The van der Waals surface area contributed by atoms with Crippen molar-refractivity contribution in [3.63, 3.8) is 0 Å². The number of ether oxygens (including phenoxy) is 2. The number of anilines is 2. The van der Waals surface area contributed by atoms with Gasteiger partial charge in [-0.3, -0.25) is 0 Å². The Morgan fingerprint density at radius 3 is 1.27 bits per heavy atom. The molecule has 2 amide bonds. The monoisotopic (exact) mass is 707 g/mol. The van der Waals surface area contributed by atoms with Crippen LogP contribution in [0.1, 0.15) is 136 Å². The van der Waals surface area contributed by atoms with Crippen LogP contribution >= 0.6 is 0 Å². The van der Waals surface area contributed by atoms with Crippen molar-refractivity contribution in [1.29, 1.82) is 0 Å². The zero-order chi connectivity index (χ0) is 36.1. The van der Waals surface area contributed by atoms with Crippen molar-refractivity contribution < 1.29 is 19.1 Å². The lowest BCUT2D eigenvalue weighted by atomic mass is 10.0. The van der Waals surface area contributed by atoms with Gasteiger partial charge >= 0.3 is 12.2 Å². The first-order chi connectivity index (χ1) is 23.7. The summed E-state index contributed by atoms with van der Waals surface area (Å²) in [7, 11) is 0. The summed E-state index contributed by atoms with van der Waals surface area (Å²) < 4.78 is 11.1. The summed E-state index contributed by atoms with van der Waals surface area (Å²) in [4.78, 5) is 43.3. The van der Waals surface area contributed by atoms with E-state index < -0.39 is 11.2 Å². The number of amides is 2. The number of pyridine rings is 2. The molecule has 2 fully saturated rings. The van der Waals surface area contributed by atoms with Crippen LogP contribution in [0.3, 0.4) is 0 Å². The minimum atomic E-state index is -0.459. The van der Waals surface area contributed by atoms with E-state index in [9.17, 15) is 9.59 Å². The molecule has 0 aromatic carbocycles. The van der Waals surface area contributed by atoms with Crippen molar-refractivity contribution in [2.45, 2.75) is 137 Å². The van der Waals surface area contributed by atoms with Gasteiger partial charge in [0.25, 0.3) is 0 Å². The van der Waals surface area contributed by atoms with E-state index in [-0.39, 0.29) is 31.4 Å². The Kier molecular flexibility index (Phi) is 13.6. The van der Waals surface area contributed by atoms with Crippen LogP contribution in [0.25, 0.3) is 0 Å². The highest BCUT2D eigenvalue weighted by atomic mass is 16.6. The third-order valence-electron chi connectivity index (χ3n) is 9.88. The Morgan fingerprint density at radius 1 is 0.588 bits per heavy atom. The third kappa shape index (κ3) is 11.2. The molecular formula is C41H66N6O4. The molecule has 2 saturated heterocycles. The number of carbonyl (C=O) groups excluding carboxylic acids is 2. The van der Waals surface area contributed by atoms with Crippen molar-refractivity contribution in [3.05, 3.63) is 46.8 Å². The summed E-state index contributed by atoms with van der Waals surface area (Å²) in [5.74, 6) is 2.62. The molecule has 284 valence electrons. The van der Waals surface area contributed by atoms with Gasteiger partial charge in [-0.2, -0.15) is 0 Å². The fourth-order valence-electron chi connectivity index (χ4n) is 7.37. The van der Waals surface area contributed by atoms with E-state index in [0.29, 0.717) is 26.2 Å². The quantitative estimate of drug-likeness (QED) is 0.307. The number of hydrogen-bond acceptors (Lipinski definition) is 8. The molecule has 0 saturated carbocycles. The Labute approximate surface area is 308 Å². The standard InChI is InChI=1S/2C20H31N3O2.CH4/c2*1-15-14-23(19(24)25-20(2,3)4)13-10-16-8-9-17(21-18(15)16)22-11-6-5-7-12-22;/h2*8-9,15H,5-7,10-14H2,1-4H3;1H4/t2*15-;/m10./s1. The summed E-state index contributed by atoms with van der Waals surface area (Å²) in [6.45, 7) is 22.9. The zero-order valence-corrected chi connectivity index (χ0v) is 32.1. The lowest BCUT2D eigenvalue weighted by Crippen LogP contribution is -2.38. The summed E-state index contributed by atoms with van der Waals surface area (Å²) in [5, 5.41) is 0. The van der Waals surface area contributed by atoms with Crippen LogP contribution < -0.4 is 9.80 Å². The Hall–Kier alpha value is -3.56. The van der Waals surface area contributed by atoms with E-state index in [1.807, 2.05) is 51.3 Å². The average molecular weight is 707 g/mol. The van der Waals surface area contributed by atoms with Gasteiger partial charge in [0.05, 0.1) is 11.4 Å². The molecule has 0 unspecified atom stereocenters. The van der Waals surface area contributed by atoms with E-state index in [2.05, 4.69) is 47.9 Å². The number of piperidine rings is 2. The van der Waals surface area contributed by atoms with Gasteiger partial charge in [0.1, 0.15) is 22.8 Å². The van der Waals surface area contributed by atoms with Crippen molar-refractivity contribution in [1.82, 2.24) is 19.8 Å². The second kappa shape index (κ2) is 17.3. The lowest BCUT2D eigenvalue weighted by molar-refractivity contribution is 0.0237. The van der Waals surface area contributed by atoms with Crippen molar-refractivity contribution in [2.24, 2.45) is 0 Å². The van der Waals surface area contributed by atoms with Gasteiger partial charge in [0.2, 0.25) is 0 Å². The van der Waals surface area contributed by atoms with Gasteiger partial charge in [0, 0.05) is 64.2 Å². The van der Waals surface area contributed by atoms with Crippen LogP contribution in [-0.4, -0.2) is 95.5 Å². The second-order valence-electron chi connectivity index (χ2n) is 16.7. The molecule has 4 aliphatic rings. The van der Waals surface area contributed by atoms with E-state index in [1.165, 1.54) is 49.7 Å². The molecule has 51 heavy (non-hydrogen) atoms. The van der Waals surface area contributed by atoms with Gasteiger partial charge in [-0.1, -0.05) is 33.4 Å². The van der Waals surface area contributed by atoms with Gasteiger partial charge in [-0.25, -0.2) is 19.6 Å². The molecule has 2 atom stereocenters. The molecule has 0 aliphatic carbocycles. The highest BCUT2D eigenvalue weighted by molar-refractivity contribution is 5.69. The first-order valence-electron chi connectivity index (χ1n) is 19.1. The van der Waals surface area contributed by atoms with Crippen LogP contribution in [0.15, 0.2) is 24.3 Å².